The van der Waals surface area contributed by atoms with Crippen LogP contribution in [0.15, 0.2) is 12.1 Å². The molecule has 1 unspecified atom stereocenters. The molecule has 0 aliphatic carbocycles. The van der Waals surface area contributed by atoms with Crippen LogP contribution in [0.4, 0.5) is 0 Å². The molecule has 17 heavy (non-hydrogen) atoms. The van der Waals surface area contributed by atoms with Crippen LogP contribution in [0.5, 0.6) is 5.75 Å². The molecule has 1 heterocycles. The van der Waals surface area contributed by atoms with E-state index in [0.29, 0.717) is 6.04 Å². The second-order valence-corrected chi connectivity index (χ2v) is 4.68. The molecule has 0 aromatic heterocycles. The van der Waals surface area contributed by atoms with Crippen molar-refractivity contribution >= 4 is 0 Å². The summed E-state index contributed by atoms with van der Waals surface area (Å²) in [6.45, 7) is 6.81. The van der Waals surface area contributed by atoms with E-state index in [0.717, 1.165) is 31.9 Å². The Morgan fingerprint density at radius 1 is 1.35 bits per heavy atom. The van der Waals surface area contributed by atoms with Crippen molar-refractivity contribution in [1.29, 1.82) is 0 Å². The van der Waals surface area contributed by atoms with Gasteiger partial charge in [-0.25, -0.2) is 0 Å². The van der Waals surface area contributed by atoms with E-state index in [2.05, 4.69) is 31.3 Å². The van der Waals surface area contributed by atoms with Gasteiger partial charge in [0.1, 0.15) is 5.75 Å². The molecule has 1 N–H and O–H groups in total. The van der Waals surface area contributed by atoms with E-state index < -0.39 is 0 Å². The Labute approximate surface area is 103 Å². The van der Waals surface area contributed by atoms with Crippen molar-refractivity contribution in [2.45, 2.75) is 26.3 Å². The Morgan fingerprint density at radius 3 is 2.76 bits per heavy atom. The molecule has 1 fully saturated rings. The summed E-state index contributed by atoms with van der Waals surface area (Å²) in [7, 11) is 1.73. The Balaban J connectivity index is 2.15. The fourth-order valence-electron chi connectivity index (χ4n) is 2.22. The first kappa shape index (κ1) is 12.4. The van der Waals surface area contributed by atoms with Crippen LogP contribution in [0, 0.1) is 13.8 Å². The Hall–Kier alpha value is -1.06. The summed E-state index contributed by atoms with van der Waals surface area (Å²) in [5.74, 6) is 0.987. The predicted octanol–water partition coefficient (Wildman–Crippen LogP) is 1.84. The molecule has 1 aliphatic rings. The number of ether oxygens (including phenoxy) is 2. The largest absolute Gasteiger partial charge is 0.496 e. The zero-order valence-electron chi connectivity index (χ0n) is 10.9. The molecule has 3 nitrogen and oxygen atoms in total. The summed E-state index contributed by atoms with van der Waals surface area (Å²) < 4.78 is 10.9. The highest BCUT2D eigenvalue weighted by atomic mass is 16.5. The maximum Gasteiger partial charge on any atom is 0.122 e. The first-order chi connectivity index (χ1) is 8.20. The molecule has 2 rings (SSSR count). The number of benzene rings is 1. The number of methoxy groups -OCH3 is 1. The average Bonchev–Trinajstić information content (AvgIpc) is 2.35. The second-order valence-electron chi connectivity index (χ2n) is 4.68. The minimum absolute atomic E-state index is 0.403. The molecule has 3 heteroatoms. The van der Waals surface area contributed by atoms with Gasteiger partial charge in [-0.3, -0.25) is 0 Å². The molecule has 0 bridgehead atoms. The quantitative estimate of drug-likeness (QED) is 0.867. The van der Waals surface area contributed by atoms with Gasteiger partial charge in [0, 0.05) is 12.6 Å². The predicted molar refractivity (Wildman–Crippen MR) is 68.8 cm³/mol. The van der Waals surface area contributed by atoms with Gasteiger partial charge in [0.15, 0.2) is 0 Å². The van der Waals surface area contributed by atoms with Crippen molar-refractivity contribution in [2.75, 3.05) is 26.9 Å². The van der Waals surface area contributed by atoms with E-state index in [9.17, 15) is 0 Å². The van der Waals surface area contributed by atoms with Crippen LogP contribution in [0.25, 0.3) is 0 Å². The van der Waals surface area contributed by atoms with Crippen LogP contribution < -0.4 is 10.1 Å². The zero-order valence-corrected chi connectivity index (χ0v) is 10.9. The van der Waals surface area contributed by atoms with E-state index >= 15 is 0 Å². The molecule has 1 aromatic rings. The van der Waals surface area contributed by atoms with E-state index in [4.69, 9.17) is 9.47 Å². The lowest BCUT2D eigenvalue weighted by Crippen LogP contribution is -2.42. The number of morpholine rings is 1. The smallest absolute Gasteiger partial charge is 0.122 e. The summed E-state index contributed by atoms with van der Waals surface area (Å²) >= 11 is 0. The zero-order chi connectivity index (χ0) is 12.3. The van der Waals surface area contributed by atoms with Gasteiger partial charge in [-0.2, -0.15) is 0 Å². The first-order valence-electron chi connectivity index (χ1n) is 6.16. The molecular weight excluding hydrogens is 214 g/mol. The van der Waals surface area contributed by atoms with Crippen molar-refractivity contribution in [2.24, 2.45) is 0 Å². The lowest BCUT2D eigenvalue weighted by Gasteiger charge is -2.24. The lowest BCUT2D eigenvalue weighted by molar-refractivity contribution is 0.0768. The Morgan fingerprint density at radius 2 is 2.12 bits per heavy atom. The highest BCUT2D eigenvalue weighted by Crippen LogP contribution is 2.24. The third-order valence-corrected chi connectivity index (χ3v) is 3.36. The van der Waals surface area contributed by atoms with Crippen LogP contribution >= 0.6 is 0 Å². The van der Waals surface area contributed by atoms with Gasteiger partial charge in [0.2, 0.25) is 0 Å². The molecule has 0 saturated carbocycles. The Bertz CT molecular complexity index is 384. The minimum Gasteiger partial charge on any atom is -0.496 e. The Kier molecular flexibility index (Phi) is 4.02. The van der Waals surface area contributed by atoms with Crippen LogP contribution in [0.3, 0.4) is 0 Å². The van der Waals surface area contributed by atoms with E-state index in [1.807, 2.05) is 0 Å². The number of hydrogen-bond donors (Lipinski definition) is 1. The van der Waals surface area contributed by atoms with Crippen molar-refractivity contribution < 1.29 is 9.47 Å². The van der Waals surface area contributed by atoms with Crippen molar-refractivity contribution in [3.05, 3.63) is 28.8 Å². The topological polar surface area (TPSA) is 30.5 Å². The third kappa shape index (κ3) is 2.99. The SMILES string of the molecule is COc1cc(C)c(C)cc1CC1COCCN1. The van der Waals surface area contributed by atoms with Gasteiger partial charge < -0.3 is 14.8 Å². The van der Waals surface area contributed by atoms with E-state index in [1.54, 1.807) is 7.11 Å². The molecule has 1 saturated heterocycles. The summed E-state index contributed by atoms with van der Waals surface area (Å²) in [5.41, 5.74) is 3.86. The van der Waals surface area contributed by atoms with Gasteiger partial charge in [-0.15, -0.1) is 0 Å². The molecule has 0 spiro atoms. The summed E-state index contributed by atoms with van der Waals surface area (Å²) in [6.07, 6.45) is 0.963. The van der Waals surface area contributed by atoms with Gasteiger partial charge in [0.05, 0.1) is 20.3 Å². The highest BCUT2D eigenvalue weighted by molar-refractivity contribution is 5.42. The van der Waals surface area contributed by atoms with E-state index in [1.165, 1.54) is 16.7 Å². The standard InChI is InChI=1S/C14H21NO2/c1-10-6-12(14(16-3)7-11(10)2)8-13-9-17-5-4-15-13/h6-7,13,15H,4-5,8-9H2,1-3H3. The van der Waals surface area contributed by atoms with Crippen LogP contribution in [0.1, 0.15) is 16.7 Å². The highest BCUT2D eigenvalue weighted by Gasteiger charge is 2.16. The van der Waals surface area contributed by atoms with Gasteiger partial charge in [-0.05, 0) is 43.0 Å². The second kappa shape index (κ2) is 5.52. The molecule has 1 atom stereocenters. The van der Waals surface area contributed by atoms with Crippen LogP contribution in [-0.2, 0) is 11.2 Å². The molecule has 0 radical (unpaired) electrons. The normalized spacial score (nSPS) is 20.3. The minimum atomic E-state index is 0.403. The molecule has 0 amide bonds. The fourth-order valence-corrected chi connectivity index (χ4v) is 2.22. The van der Waals surface area contributed by atoms with Crippen molar-refractivity contribution in [3.63, 3.8) is 0 Å². The van der Waals surface area contributed by atoms with Crippen LogP contribution in [0.2, 0.25) is 0 Å². The van der Waals surface area contributed by atoms with Crippen molar-refractivity contribution in [3.8, 4) is 5.75 Å². The maximum absolute atomic E-state index is 5.48. The van der Waals surface area contributed by atoms with Gasteiger partial charge >= 0.3 is 0 Å². The summed E-state index contributed by atoms with van der Waals surface area (Å²) in [4.78, 5) is 0. The van der Waals surface area contributed by atoms with Gasteiger partial charge in [-0.1, -0.05) is 6.07 Å². The molecular formula is C14H21NO2. The molecule has 1 aliphatic heterocycles. The number of nitrogens with one attached hydrogen (secondary N) is 1. The molecule has 94 valence electrons. The van der Waals surface area contributed by atoms with E-state index in [-0.39, 0.29) is 0 Å². The van der Waals surface area contributed by atoms with Crippen molar-refractivity contribution in [1.82, 2.24) is 5.32 Å². The third-order valence-electron chi connectivity index (χ3n) is 3.36. The summed E-state index contributed by atoms with van der Waals surface area (Å²) in [5, 5.41) is 3.47. The first-order valence-corrected chi connectivity index (χ1v) is 6.16. The number of hydrogen-bond acceptors (Lipinski definition) is 3. The lowest BCUT2D eigenvalue weighted by atomic mass is 9.99. The summed E-state index contributed by atoms with van der Waals surface area (Å²) in [6, 6.07) is 4.75. The number of rotatable bonds is 3. The fraction of sp³-hybridized carbons (Fsp3) is 0.571. The van der Waals surface area contributed by atoms with Gasteiger partial charge in [0.25, 0.3) is 0 Å². The maximum atomic E-state index is 5.48. The average molecular weight is 235 g/mol. The number of aryl methyl sites for hydroxylation is 2. The monoisotopic (exact) mass is 235 g/mol. The molecule has 1 aromatic carbocycles. The van der Waals surface area contributed by atoms with Crippen LogP contribution in [-0.4, -0.2) is 32.9 Å².